The molecule has 2 aromatic rings. The summed E-state index contributed by atoms with van der Waals surface area (Å²) in [5, 5.41) is 4.64. The van der Waals surface area contributed by atoms with Crippen LogP contribution in [0.5, 0.6) is 0 Å². The Kier molecular flexibility index (Phi) is 5.08. The first-order chi connectivity index (χ1) is 11.1. The highest BCUT2D eigenvalue weighted by Gasteiger charge is 2.28. The number of benzene rings is 2. The molecule has 2 atom stereocenters. The van der Waals surface area contributed by atoms with E-state index in [2.05, 4.69) is 55.6 Å². The Balaban J connectivity index is 1.83. The summed E-state index contributed by atoms with van der Waals surface area (Å²) in [6.07, 6.45) is 6.48. The third-order valence-corrected chi connectivity index (χ3v) is 5.33. The minimum Gasteiger partial charge on any atom is -0.305 e. The molecule has 23 heavy (non-hydrogen) atoms. The lowest BCUT2D eigenvalue weighted by Crippen LogP contribution is -2.45. The number of hydrogen-bond acceptors (Lipinski definition) is 1. The summed E-state index contributed by atoms with van der Waals surface area (Å²) in [5.41, 5.74) is 3.93. The first-order valence-corrected chi connectivity index (χ1v) is 9.09. The standard InChI is InChI=1S/C21H26ClN/c1-16-6-4-3-5-15-21(2,23-16)19-11-7-17(8-12-19)18-9-13-20(22)14-10-18/h7-14,16,23H,3-6,15H2,1-2H3. The molecular formula is C21H26ClN. The van der Waals surface area contributed by atoms with E-state index in [4.69, 9.17) is 11.6 Å². The van der Waals surface area contributed by atoms with Gasteiger partial charge in [-0.15, -0.1) is 0 Å². The van der Waals surface area contributed by atoms with Gasteiger partial charge in [-0.05, 0) is 55.5 Å². The van der Waals surface area contributed by atoms with Crippen molar-refractivity contribution in [3.05, 3.63) is 59.1 Å². The van der Waals surface area contributed by atoms with Crippen LogP contribution in [0.15, 0.2) is 48.5 Å². The van der Waals surface area contributed by atoms with Gasteiger partial charge in [0, 0.05) is 16.6 Å². The molecule has 1 aliphatic rings. The molecule has 3 rings (SSSR count). The predicted octanol–water partition coefficient (Wildman–Crippen LogP) is 6.16. The van der Waals surface area contributed by atoms with Crippen LogP contribution in [0.4, 0.5) is 0 Å². The van der Waals surface area contributed by atoms with E-state index in [1.807, 2.05) is 12.1 Å². The summed E-state index contributed by atoms with van der Waals surface area (Å²) in [4.78, 5) is 0. The van der Waals surface area contributed by atoms with Gasteiger partial charge in [0.25, 0.3) is 0 Å². The molecule has 1 saturated heterocycles. The van der Waals surface area contributed by atoms with Crippen molar-refractivity contribution in [1.82, 2.24) is 5.32 Å². The summed E-state index contributed by atoms with van der Waals surface area (Å²) in [6, 6.07) is 17.7. The zero-order valence-electron chi connectivity index (χ0n) is 14.1. The number of nitrogens with one attached hydrogen (secondary N) is 1. The van der Waals surface area contributed by atoms with Crippen molar-refractivity contribution in [3.8, 4) is 11.1 Å². The molecule has 0 saturated carbocycles. The van der Waals surface area contributed by atoms with Crippen LogP contribution >= 0.6 is 11.6 Å². The van der Waals surface area contributed by atoms with E-state index in [1.54, 1.807) is 0 Å². The molecule has 0 aliphatic carbocycles. The molecule has 1 aliphatic heterocycles. The average molecular weight is 328 g/mol. The first-order valence-electron chi connectivity index (χ1n) is 8.71. The third kappa shape index (κ3) is 3.97. The monoisotopic (exact) mass is 327 g/mol. The van der Waals surface area contributed by atoms with Crippen molar-refractivity contribution in [2.75, 3.05) is 0 Å². The van der Waals surface area contributed by atoms with Crippen molar-refractivity contribution < 1.29 is 0 Å². The number of rotatable bonds is 2. The van der Waals surface area contributed by atoms with Crippen LogP contribution in [0, 0.1) is 0 Å². The van der Waals surface area contributed by atoms with Crippen LogP contribution in [-0.2, 0) is 5.54 Å². The molecule has 1 nitrogen and oxygen atoms in total. The van der Waals surface area contributed by atoms with Crippen molar-refractivity contribution in [3.63, 3.8) is 0 Å². The molecule has 1 fully saturated rings. The van der Waals surface area contributed by atoms with Crippen LogP contribution in [0.1, 0.15) is 51.5 Å². The van der Waals surface area contributed by atoms with Gasteiger partial charge in [0.15, 0.2) is 0 Å². The predicted molar refractivity (Wildman–Crippen MR) is 99.9 cm³/mol. The van der Waals surface area contributed by atoms with E-state index in [-0.39, 0.29) is 5.54 Å². The fourth-order valence-corrected chi connectivity index (χ4v) is 3.82. The molecule has 0 bridgehead atoms. The maximum atomic E-state index is 5.98. The summed E-state index contributed by atoms with van der Waals surface area (Å²) >= 11 is 5.98. The number of halogens is 1. The molecule has 0 aromatic heterocycles. The second kappa shape index (κ2) is 7.07. The average Bonchev–Trinajstić information content (AvgIpc) is 2.54. The second-order valence-corrected chi connectivity index (χ2v) is 7.50. The minimum absolute atomic E-state index is 0.0817. The van der Waals surface area contributed by atoms with Gasteiger partial charge in [-0.25, -0.2) is 0 Å². The quantitative estimate of drug-likeness (QED) is 0.696. The highest BCUT2D eigenvalue weighted by molar-refractivity contribution is 6.30. The van der Waals surface area contributed by atoms with Crippen molar-refractivity contribution in [2.24, 2.45) is 0 Å². The van der Waals surface area contributed by atoms with Crippen molar-refractivity contribution >= 4 is 11.6 Å². The van der Waals surface area contributed by atoms with Crippen molar-refractivity contribution in [1.29, 1.82) is 0 Å². The summed E-state index contributed by atoms with van der Waals surface area (Å²) in [7, 11) is 0. The first kappa shape index (κ1) is 16.5. The van der Waals surface area contributed by atoms with E-state index in [0.29, 0.717) is 6.04 Å². The minimum atomic E-state index is 0.0817. The molecule has 0 radical (unpaired) electrons. The van der Waals surface area contributed by atoms with Gasteiger partial charge >= 0.3 is 0 Å². The van der Waals surface area contributed by atoms with Crippen molar-refractivity contribution in [2.45, 2.75) is 57.5 Å². The van der Waals surface area contributed by atoms with E-state index >= 15 is 0 Å². The highest BCUT2D eigenvalue weighted by Crippen LogP contribution is 2.32. The third-order valence-electron chi connectivity index (χ3n) is 5.08. The molecule has 2 heteroatoms. The Morgan fingerprint density at radius 3 is 2.17 bits per heavy atom. The van der Waals surface area contributed by atoms with Gasteiger partial charge in [0.05, 0.1) is 0 Å². The fourth-order valence-electron chi connectivity index (χ4n) is 3.69. The lowest BCUT2D eigenvalue weighted by atomic mass is 9.83. The molecule has 1 N–H and O–H groups in total. The van der Waals surface area contributed by atoms with Crippen LogP contribution in [0.3, 0.4) is 0 Å². The van der Waals surface area contributed by atoms with E-state index < -0.39 is 0 Å². The van der Waals surface area contributed by atoms with E-state index in [9.17, 15) is 0 Å². The molecule has 1 heterocycles. The van der Waals surface area contributed by atoms with Gasteiger partial charge in [-0.1, -0.05) is 67.3 Å². The summed E-state index contributed by atoms with van der Waals surface area (Å²) in [6.45, 7) is 4.66. The van der Waals surface area contributed by atoms with Gasteiger partial charge in [0.1, 0.15) is 0 Å². The SMILES string of the molecule is CC1CCCCCC(C)(c2ccc(-c3ccc(Cl)cc3)cc2)N1. The maximum Gasteiger partial charge on any atom is 0.0408 e. The van der Waals surface area contributed by atoms with Crippen LogP contribution < -0.4 is 5.32 Å². The molecule has 0 amide bonds. The van der Waals surface area contributed by atoms with Gasteiger partial charge in [0.2, 0.25) is 0 Å². The zero-order valence-corrected chi connectivity index (χ0v) is 14.9. The van der Waals surface area contributed by atoms with Gasteiger partial charge < -0.3 is 5.32 Å². The molecule has 0 spiro atoms. The van der Waals surface area contributed by atoms with Gasteiger partial charge in [-0.3, -0.25) is 0 Å². The van der Waals surface area contributed by atoms with Gasteiger partial charge in [-0.2, -0.15) is 0 Å². The van der Waals surface area contributed by atoms with Crippen LogP contribution in [0.2, 0.25) is 5.02 Å². The summed E-state index contributed by atoms with van der Waals surface area (Å²) < 4.78 is 0. The van der Waals surface area contributed by atoms with Crippen LogP contribution in [0.25, 0.3) is 11.1 Å². The Labute approximate surface area is 145 Å². The molecular weight excluding hydrogens is 302 g/mol. The second-order valence-electron chi connectivity index (χ2n) is 7.06. The lowest BCUT2D eigenvalue weighted by Gasteiger charge is -2.37. The maximum absolute atomic E-state index is 5.98. The Morgan fingerprint density at radius 1 is 0.913 bits per heavy atom. The molecule has 2 unspecified atom stereocenters. The Morgan fingerprint density at radius 2 is 1.52 bits per heavy atom. The topological polar surface area (TPSA) is 12.0 Å². The Bertz CT molecular complexity index is 632. The van der Waals surface area contributed by atoms with E-state index in [0.717, 1.165) is 5.02 Å². The highest BCUT2D eigenvalue weighted by atomic mass is 35.5. The van der Waals surface area contributed by atoms with E-state index in [1.165, 1.54) is 48.8 Å². The Hall–Kier alpha value is -1.31. The number of hydrogen-bond donors (Lipinski definition) is 1. The molecule has 122 valence electrons. The zero-order chi connectivity index (χ0) is 16.3. The molecule has 2 aromatic carbocycles. The normalized spacial score (nSPS) is 25.6. The van der Waals surface area contributed by atoms with Crippen LogP contribution in [-0.4, -0.2) is 6.04 Å². The lowest BCUT2D eigenvalue weighted by molar-refractivity contribution is 0.262. The summed E-state index contributed by atoms with van der Waals surface area (Å²) in [5.74, 6) is 0. The largest absolute Gasteiger partial charge is 0.305 e. The smallest absolute Gasteiger partial charge is 0.0408 e. The fraction of sp³-hybridized carbons (Fsp3) is 0.429.